The number of aliphatic carboxylic acids is 1. The van der Waals surface area contributed by atoms with Crippen LogP contribution in [-0.2, 0) is 9.59 Å². The smallest absolute Gasteiger partial charge is 0.310 e. The van der Waals surface area contributed by atoms with E-state index in [1.165, 1.54) is 25.7 Å². The van der Waals surface area contributed by atoms with Crippen LogP contribution in [0.1, 0.15) is 64.2 Å². The largest absolute Gasteiger partial charge is 0.481 e. The number of hydrogen-bond donors (Lipinski definition) is 2. The van der Waals surface area contributed by atoms with Crippen molar-refractivity contribution in [1.82, 2.24) is 10.2 Å². The first-order valence-corrected chi connectivity index (χ1v) is 9.32. The number of piperidine rings is 1. The molecule has 5 nitrogen and oxygen atoms in total. The van der Waals surface area contributed by atoms with Gasteiger partial charge in [-0.15, -0.1) is 0 Å². The van der Waals surface area contributed by atoms with E-state index in [-0.39, 0.29) is 5.91 Å². The molecule has 130 valence electrons. The maximum Gasteiger partial charge on any atom is 0.310 e. The second kappa shape index (κ2) is 7.20. The fourth-order valence-corrected chi connectivity index (χ4v) is 4.35. The zero-order valence-electron chi connectivity index (χ0n) is 14.1. The van der Waals surface area contributed by atoms with E-state index in [0.717, 1.165) is 38.6 Å². The molecule has 0 unspecified atom stereocenters. The van der Waals surface area contributed by atoms with E-state index < -0.39 is 11.4 Å². The highest BCUT2D eigenvalue weighted by molar-refractivity contribution is 5.76. The Balaban J connectivity index is 1.47. The van der Waals surface area contributed by atoms with Gasteiger partial charge in [-0.25, -0.2) is 0 Å². The number of nitrogens with one attached hydrogen (secondary N) is 1. The van der Waals surface area contributed by atoms with E-state index in [0.29, 0.717) is 31.5 Å². The lowest BCUT2D eigenvalue weighted by molar-refractivity contribution is -0.153. The van der Waals surface area contributed by atoms with Crippen molar-refractivity contribution in [2.45, 2.75) is 70.3 Å². The lowest BCUT2D eigenvalue weighted by atomic mass is 9.75. The first-order chi connectivity index (χ1) is 11.1. The molecule has 5 heteroatoms. The molecule has 0 radical (unpaired) electrons. The molecule has 0 spiro atoms. The van der Waals surface area contributed by atoms with Crippen molar-refractivity contribution in [1.29, 1.82) is 0 Å². The van der Waals surface area contributed by atoms with Gasteiger partial charge in [0, 0.05) is 25.6 Å². The van der Waals surface area contributed by atoms with Crippen molar-refractivity contribution in [2.24, 2.45) is 11.3 Å². The number of nitrogens with zero attached hydrogens (tertiary/aromatic N) is 1. The van der Waals surface area contributed by atoms with E-state index in [4.69, 9.17) is 0 Å². The van der Waals surface area contributed by atoms with Crippen molar-refractivity contribution in [3.05, 3.63) is 0 Å². The van der Waals surface area contributed by atoms with Crippen molar-refractivity contribution in [3.8, 4) is 0 Å². The summed E-state index contributed by atoms with van der Waals surface area (Å²) >= 11 is 0. The van der Waals surface area contributed by atoms with Gasteiger partial charge in [-0.3, -0.25) is 9.59 Å². The van der Waals surface area contributed by atoms with E-state index in [1.807, 2.05) is 0 Å². The molecule has 1 heterocycles. The predicted molar refractivity (Wildman–Crippen MR) is 88.1 cm³/mol. The highest BCUT2D eigenvalue weighted by Crippen LogP contribution is 2.44. The van der Waals surface area contributed by atoms with Crippen molar-refractivity contribution < 1.29 is 14.7 Å². The molecule has 0 aromatic rings. The van der Waals surface area contributed by atoms with Crippen LogP contribution >= 0.6 is 0 Å². The second-order valence-electron chi connectivity index (χ2n) is 7.91. The topological polar surface area (TPSA) is 69.6 Å². The van der Waals surface area contributed by atoms with Crippen molar-refractivity contribution in [2.75, 3.05) is 19.6 Å². The van der Waals surface area contributed by atoms with Crippen molar-refractivity contribution in [3.63, 3.8) is 0 Å². The average Bonchev–Trinajstić information content (AvgIpc) is 3.18. The van der Waals surface area contributed by atoms with Gasteiger partial charge in [0.05, 0.1) is 5.41 Å². The van der Waals surface area contributed by atoms with E-state index >= 15 is 0 Å². The minimum absolute atomic E-state index is 0.130. The Labute approximate surface area is 138 Å². The summed E-state index contributed by atoms with van der Waals surface area (Å²) in [6.45, 7) is 2.24. The molecular formula is C18H30N2O3. The van der Waals surface area contributed by atoms with Crippen molar-refractivity contribution >= 4 is 11.9 Å². The Bertz CT molecular complexity index is 444. The Hall–Kier alpha value is -1.10. The maximum absolute atomic E-state index is 12.1. The van der Waals surface area contributed by atoms with Crippen LogP contribution in [0.5, 0.6) is 0 Å². The van der Waals surface area contributed by atoms with Crippen LogP contribution in [0.2, 0.25) is 0 Å². The average molecular weight is 322 g/mol. The first kappa shape index (κ1) is 16.7. The Morgan fingerprint density at radius 1 is 1.13 bits per heavy atom. The molecule has 1 amide bonds. The summed E-state index contributed by atoms with van der Waals surface area (Å²) in [6.07, 6.45) is 10.1. The van der Waals surface area contributed by atoms with Crippen LogP contribution in [0.4, 0.5) is 0 Å². The summed E-state index contributed by atoms with van der Waals surface area (Å²) < 4.78 is 0. The minimum Gasteiger partial charge on any atom is -0.481 e. The monoisotopic (exact) mass is 322 g/mol. The summed E-state index contributed by atoms with van der Waals surface area (Å²) in [7, 11) is 0. The van der Waals surface area contributed by atoms with E-state index in [1.54, 1.807) is 0 Å². The molecule has 3 fully saturated rings. The van der Waals surface area contributed by atoms with Gasteiger partial charge in [0.2, 0.25) is 5.91 Å². The number of rotatable bonds is 7. The molecule has 2 aliphatic carbocycles. The molecule has 0 aromatic heterocycles. The number of carboxylic acids is 1. The third-order valence-electron chi connectivity index (χ3n) is 5.86. The quantitative estimate of drug-likeness (QED) is 0.755. The SMILES string of the molecule is O=C(CCN1CCC[C@](CC2CC2)(C(=O)O)C1)NC1CCCC1. The van der Waals surface area contributed by atoms with E-state index in [9.17, 15) is 14.7 Å². The van der Waals surface area contributed by atoms with Crippen LogP contribution in [0, 0.1) is 11.3 Å². The highest BCUT2D eigenvalue weighted by atomic mass is 16.4. The number of carbonyl (C=O) groups is 2. The fourth-order valence-electron chi connectivity index (χ4n) is 4.35. The maximum atomic E-state index is 12.1. The van der Waals surface area contributed by atoms with Gasteiger partial charge in [0.15, 0.2) is 0 Å². The highest BCUT2D eigenvalue weighted by Gasteiger charge is 2.45. The summed E-state index contributed by atoms with van der Waals surface area (Å²) in [5.74, 6) is 0.117. The van der Waals surface area contributed by atoms with Gasteiger partial charge in [0.1, 0.15) is 0 Å². The summed E-state index contributed by atoms with van der Waals surface area (Å²) in [5, 5.41) is 12.9. The van der Waals surface area contributed by atoms with Crippen LogP contribution in [-0.4, -0.2) is 47.6 Å². The molecule has 2 saturated carbocycles. The molecule has 0 bridgehead atoms. The number of likely N-dealkylation sites (tertiary alicyclic amines) is 1. The summed E-state index contributed by atoms with van der Waals surface area (Å²) in [5.41, 5.74) is -0.568. The van der Waals surface area contributed by atoms with Gasteiger partial charge in [-0.2, -0.15) is 0 Å². The summed E-state index contributed by atoms with van der Waals surface area (Å²) in [4.78, 5) is 26.1. The number of carboxylic acid groups (broad SMARTS) is 1. The fraction of sp³-hybridized carbons (Fsp3) is 0.889. The Morgan fingerprint density at radius 3 is 2.52 bits per heavy atom. The Kier molecular flexibility index (Phi) is 5.24. The third-order valence-corrected chi connectivity index (χ3v) is 5.86. The lowest BCUT2D eigenvalue weighted by Crippen LogP contribution is -2.49. The summed E-state index contributed by atoms with van der Waals surface area (Å²) in [6, 6.07) is 0.372. The molecule has 1 atom stereocenters. The zero-order chi connectivity index (χ0) is 16.3. The molecule has 3 rings (SSSR count). The molecule has 3 aliphatic rings. The molecule has 2 N–H and O–H groups in total. The normalized spacial score (nSPS) is 29.6. The Morgan fingerprint density at radius 2 is 1.87 bits per heavy atom. The van der Waals surface area contributed by atoms with Crippen LogP contribution < -0.4 is 5.32 Å². The van der Waals surface area contributed by atoms with Gasteiger partial charge >= 0.3 is 5.97 Å². The molecular weight excluding hydrogens is 292 g/mol. The third kappa shape index (κ3) is 4.46. The van der Waals surface area contributed by atoms with Crippen LogP contribution in [0.3, 0.4) is 0 Å². The number of amides is 1. The molecule has 1 saturated heterocycles. The number of carbonyl (C=O) groups excluding carboxylic acids is 1. The lowest BCUT2D eigenvalue weighted by Gasteiger charge is -2.40. The van der Waals surface area contributed by atoms with Gasteiger partial charge in [0.25, 0.3) is 0 Å². The molecule has 1 aliphatic heterocycles. The first-order valence-electron chi connectivity index (χ1n) is 9.32. The molecule has 23 heavy (non-hydrogen) atoms. The second-order valence-corrected chi connectivity index (χ2v) is 7.91. The minimum atomic E-state index is -0.635. The predicted octanol–water partition coefficient (Wildman–Crippen LogP) is 2.40. The standard InChI is InChI=1S/C18H30N2O3/c21-16(19-15-4-1-2-5-15)8-11-20-10-3-9-18(13-20,17(22)23)12-14-6-7-14/h14-15H,1-13H2,(H,19,21)(H,22,23)/t18-/m1/s1. The van der Waals surface area contributed by atoms with Gasteiger partial charge in [-0.1, -0.05) is 25.7 Å². The van der Waals surface area contributed by atoms with E-state index in [2.05, 4.69) is 10.2 Å². The molecule has 0 aromatic carbocycles. The van der Waals surface area contributed by atoms with Crippen LogP contribution in [0.25, 0.3) is 0 Å². The van der Waals surface area contributed by atoms with Gasteiger partial charge in [-0.05, 0) is 44.6 Å². The number of hydrogen-bond acceptors (Lipinski definition) is 3. The van der Waals surface area contributed by atoms with Gasteiger partial charge < -0.3 is 15.3 Å². The zero-order valence-corrected chi connectivity index (χ0v) is 14.1. The van der Waals surface area contributed by atoms with Crippen LogP contribution in [0.15, 0.2) is 0 Å².